The minimum absolute atomic E-state index is 0.114. The Morgan fingerprint density at radius 1 is 1.12 bits per heavy atom. The van der Waals surface area contributed by atoms with Gasteiger partial charge in [0.15, 0.2) is 10.1 Å². The number of aromatic nitrogens is 2. The predicted octanol–water partition coefficient (Wildman–Crippen LogP) is 5.62. The number of carbonyl (C=O) groups is 2. The number of carbonyl (C=O) groups excluding carboxylic acids is 2. The number of amides is 1. The zero-order valence-corrected chi connectivity index (χ0v) is 20.4. The summed E-state index contributed by atoms with van der Waals surface area (Å²) >= 11 is 2.62. The van der Waals surface area contributed by atoms with Crippen LogP contribution in [0.5, 0.6) is 0 Å². The predicted molar refractivity (Wildman–Crippen MR) is 133 cm³/mol. The minimum Gasteiger partial charge on any atom is -0.464 e. The van der Waals surface area contributed by atoms with Gasteiger partial charge in [-0.2, -0.15) is 0 Å². The van der Waals surface area contributed by atoms with E-state index in [9.17, 15) is 14.0 Å². The molecule has 10 heteroatoms. The summed E-state index contributed by atoms with van der Waals surface area (Å²) in [5, 5.41) is 6.91. The Morgan fingerprint density at radius 3 is 2.59 bits per heavy atom. The van der Waals surface area contributed by atoms with Crippen molar-refractivity contribution in [3.8, 4) is 10.4 Å². The van der Waals surface area contributed by atoms with Gasteiger partial charge in [-0.1, -0.05) is 37.3 Å². The van der Waals surface area contributed by atoms with Gasteiger partial charge in [0.05, 0.1) is 21.7 Å². The van der Waals surface area contributed by atoms with Crippen molar-refractivity contribution in [2.75, 3.05) is 11.9 Å². The summed E-state index contributed by atoms with van der Waals surface area (Å²) < 4.78 is 19.2. The number of nitrogens with zero attached hydrogens (tertiary/aromatic N) is 2. The molecule has 34 heavy (non-hydrogen) atoms. The van der Waals surface area contributed by atoms with Gasteiger partial charge >= 0.3 is 5.97 Å². The highest BCUT2D eigenvalue weighted by molar-refractivity contribution is 7.22. The number of hydrogen-bond acceptors (Lipinski definition) is 8. The number of thiazole rings is 2. The number of halogens is 1. The first kappa shape index (κ1) is 23.8. The monoisotopic (exact) mass is 498 g/mol. The van der Waals surface area contributed by atoms with Gasteiger partial charge in [0.2, 0.25) is 0 Å². The number of ether oxygens (including phenoxy) is 1. The molecule has 2 heterocycles. The van der Waals surface area contributed by atoms with Gasteiger partial charge < -0.3 is 15.4 Å². The molecule has 4 aromatic rings. The lowest BCUT2D eigenvalue weighted by molar-refractivity contribution is -0.146. The lowest BCUT2D eigenvalue weighted by Gasteiger charge is -2.19. The van der Waals surface area contributed by atoms with Crippen LogP contribution in [0.3, 0.4) is 0 Å². The van der Waals surface area contributed by atoms with Crippen LogP contribution in [0.4, 0.5) is 15.2 Å². The van der Waals surface area contributed by atoms with Gasteiger partial charge in [0.1, 0.15) is 11.9 Å². The quantitative estimate of drug-likeness (QED) is 0.306. The highest BCUT2D eigenvalue weighted by Crippen LogP contribution is 2.31. The molecule has 2 aromatic carbocycles. The van der Waals surface area contributed by atoms with Gasteiger partial charge in [-0.15, -0.1) is 11.3 Å². The number of nitrogens with one attached hydrogen (secondary N) is 2. The third kappa shape index (κ3) is 5.40. The molecule has 0 bridgehead atoms. The fourth-order valence-corrected chi connectivity index (χ4v) is 4.97. The van der Waals surface area contributed by atoms with Crippen molar-refractivity contribution in [1.82, 2.24) is 15.3 Å². The minimum atomic E-state index is -0.732. The van der Waals surface area contributed by atoms with E-state index in [1.807, 2.05) is 38.1 Å². The zero-order chi connectivity index (χ0) is 24.2. The molecule has 1 unspecified atom stereocenters. The lowest BCUT2D eigenvalue weighted by Crippen LogP contribution is -2.45. The fraction of sp³-hybridized carbons (Fsp3) is 0.250. The van der Waals surface area contributed by atoms with E-state index >= 15 is 0 Å². The van der Waals surface area contributed by atoms with Crippen molar-refractivity contribution < 1.29 is 18.7 Å². The van der Waals surface area contributed by atoms with E-state index in [0.717, 1.165) is 26.3 Å². The molecular weight excluding hydrogens is 475 g/mol. The van der Waals surface area contributed by atoms with Crippen LogP contribution in [0.1, 0.15) is 30.6 Å². The Labute approximate surface area is 204 Å². The molecule has 0 radical (unpaired) electrons. The molecule has 0 aliphatic rings. The van der Waals surface area contributed by atoms with E-state index in [0.29, 0.717) is 5.13 Å². The van der Waals surface area contributed by atoms with Crippen LogP contribution in [-0.4, -0.2) is 34.5 Å². The first-order valence-corrected chi connectivity index (χ1v) is 12.3. The fourth-order valence-electron chi connectivity index (χ4n) is 3.24. The summed E-state index contributed by atoms with van der Waals surface area (Å²) in [7, 11) is 0. The van der Waals surface area contributed by atoms with E-state index in [1.165, 1.54) is 34.8 Å². The number of rotatable bonds is 8. The third-order valence-electron chi connectivity index (χ3n) is 4.96. The van der Waals surface area contributed by atoms with Crippen molar-refractivity contribution in [3.05, 3.63) is 59.5 Å². The van der Waals surface area contributed by atoms with E-state index < -0.39 is 17.9 Å². The third-order valence-corrected chi connectivity index (χ3v) is 6.94. The molecule has 0 fully saturated rings. The smallest absolute Gasteiger partial charge is 0.328 e. The normalized spacial score (nSPS) is 12.0. The second kappa shape index (κ2) is 10.3. The molecule has 1 atom stereocenters. The summed E-state index contributed by atoms with van der Waals surface area (Å²) in [5.41, 5.74) is 2.47. The summed E-state index contributed by atoms with van der Waals surface area (Å²) in [5.74, 6) is -1.26. The van der Waals surface area contributed by atoms with Gasteiger partial charge in [-0.05, 0) is 48.7 Å². The number of fused-ring (bicyclic) bond motifs is 1. The molecule has 4 rings (SSSR count). The van der Waals surface area contributed by atoms with E-state index in [1.54, 1.807) is 19.2 Å². The maximum absolute atomic E-state index is 13.4. The topological polar surface area (TPSA) is 93.2 Å². The Hall–Kier alpha value is -3.37. The van der Waals surface area contributed by atoms with Crippen LogP contribution in [0.2, 0.25) is 0 Å². The van der Waals surface area contributed by atoms with Crippen molar-refractivity contribution in [2.24, 2.45) is 5.92 Å². The maximum atomic E-state index is 13.4. The van der Waals surface area contributed by atoms with E-state index in [-0.39, 0.29) is 23.3 Å². The lowest BCUT2D eigenvalue weighted by atomic mass is 10.0. The maximum Gasteiger partial charge on any atom is 0.328 e. The summed E-state index contributed by atoms with van der Waals surface area (Å²) in [6, 6.07) is 11.4. The number of anilines is 2. The van der Waals surface area contributed by atoms with Gasteiger partial charge in [0.25, 0.3) is 5.91 Å². The van der Waals surface area contributed by atoms with Crippen molar-refractivity contribution in [3.63, 3.8) is 0 Å². The second-order valence-corrected chi connectivity index (χ2v) is 9.87. The molecule has 0 spiro atoms. The van der Waals surface area contributed by atoms with Crippen LogP contribution in [0.25, 0.3) is 20.7 Å². The number of benzene rings is 2. The average Bonchev–Trinajstić information content (AvgIpc) is 3.44. The molecule has 1 amide bonds. The molecule has 2 N–H and O–H groups in total. The zero-order valence-electron chi connectivity index (χ0n) is 18.8. The second-order valence-electron chi connectivity index (χ2n) is 7.81. The van der Waals surface area contributed by atoms with Crippen LogP contribution >= 0.6 is 22.7 Å². The van der Waals surface area contributed by atoms with Gasteiger partial charge in [0, 0.05) is 11.9 Å². The van der Waals surface area contributed by atoms with Crippen molar-refractivity contribution >= 4 is 55.6 Å². The molecule has 0 aliphatic carbocycles. The first-order chi connectivity index (χ1) is 16.3. The molecule has 176 valence electrons. The van der Waals surface area contributed by atoms with E-state index in [2.05, 4.69) is 20.6 Å². The van der Waals surface area contributed by atoms with Crippen LogP contribution in [0, 0.1) is 11.7 Å². The van der Waals surface area contributed by atoms with Gasteiger partial charge in [-0.25, -0.2) is 19.2 Å². The van der Waals surface area contributed by atoms with E-state index in [4.69, 9.17) is 4.74 Å². The summed E-state index contributed by atoms with van der Waals surface area (Å²) in [4.78, 5) is 34.3. The largest absolute Gasteiger partial charge is 0.464 e. The Morgan fingerprint density at radius 2 is 1.88 bits per heavy atom. The average molecular weight is 499 g/mol. The summed E-state index contributed by atoms with van der Waals surface area (Å²) in [6.45, 7) is 5.67. The van der Waals surface area contributed by atoms with Crippen molar-refractivity contribution in [1.29, 1.82) is 0 Å². The molecule has 0 saturated heterocycles. The van der Waals surface area contributed by atoms with Crippen LogP contribution in [0.15, 0.2) is 48.7 Å². The van der Waals surface area contributed by atoms with Crippen molar-refractivity contribution in [2.45, 2.75) is 26.8 Å². The number of esters is 1. The highest BCUT2D eigenvalue weighted by atomic mass is 32.1. The number of hydrogen-bond donors (Lipinski definition) is 2. The summed E-state index contributed by atoms with van der Waals surface area (Å²) in [6.07, 6.45) is 1.64. The molecule has 7 nitrogen and oxygen atoms in total. The SMILES string of the molecule is CCOC(=O)C(NC(=O)c1ncc(-c2ccc(Nc3nc4ccc(F)cc4s3)cc2)s1)C(C)C. The highest BCUT2D eigenvalue weighted by Gasteiger charge is 2.27. The van der Waals surface area contributed by atoms with Crippen LogP contribution in [-0.2, 0) is 9.53 Å². The standard InChI is InChI=1S/C24H23FN4O3S2/c1-4-32-23(31)20(13(2)3)29-21(30)22-26-12-19(33-22)14-5-8-16(9-6-14)27-24-28-17-10-7-15(25)11-18(17)34-24/h5-13,20H,4H2,1-3H3,(H,27,28)(H,29,30). The molecular formula is C24H23FN4O3S2. The van der Waals surface area contributed by atoms with Gasteiger partial charge in [-0.3, -0.25) is 4.79 Å². The molecule has 0 saturated carbocycles. The Balaban J connectivity index is 1.43. The Kier molecular flexibility index (Phi) is 7.18. The molecule has 2 aromatic heterocycles. The Bertz CT molecular complexity index is 1320. The molecule has 0 aliphatic heterocycles. The van der Waals surface area contributed by atoms with Crippen LogP contribution < -0.4 is 10.6 Å². The first-order valence-electron chi connectivity index (χ1n) is 10.7.